The number of benzene rings is 3. The van der Waals surface area contributed by atoms with Gasteiger partial charge < -0.3 is 9.47 Å². The molecular weight excluding hydrogens is 336 g/mol. The van der Waals surface area contributed by atoms with E-state index in [0.717, 1.165) is 40.3 Å². The summed E-state index contributed by atoms with van der Waals surface area (Å²) in [6, 6.07) is 26.8. The standard InChI is InChI=1S/C23H20N2O2/c1-26-21-14-8-13-18-20-15-19(16-9-4-2-5-10-16)24-25(20)23(27-22(18)21)17-11-6-3-7-12-17/h2-14,20,23H,15H2,1H3/t20-,23+/m0/s1. The molecule has 0 fully saturated rings. The van der Waals surface area contributed by atoms with Crippen LogP contribution in [-0.4, -0.2) is 17.8 Å². The molecule has 0 bridgehead atoms. The zero-order chi connectivity index (χ0) is 18.2. The van der Waals surface area contributed by atoms with E-state index in [1.807, 2.05) is 36.4 Å². The van der Waals surface area contributed by atoms with E-state index >= 15 is 0 Å². The molecule has 0 aromatic heterocycles. The van der Waals surface area contributed by atoms with Gasteiger partial charge in [-0.3, -0.25) is 0 Å². The first-order valence-corrected chi connectivity index (χ1v) is 9.15. The van der Waals surface area contributed by atoms with Crippen molar-refractivity contribution in [2.45, 2.75) is 18.7 Å². The average Bonchev–Trinajstić information content (AvgIpc) is 3.20. The molecule has 2 atom stereocenters. The highest BCUT2D eigenvalue weighted by molar-refractivity contribution is 6.01. The minimum Gasteiger partial charge on any atom is -0.493 e. The van der Waals surface area contributed by atoms with E-state index < -0.39 is 0 Å². The second-order valence-corrected chi connectivity index (χ2v) is 6.77. The molecule has 2 aliphatic rings. The van der Waals surface area contributed by atoms with Crippen molar-refractivity contribution in [3.05, 3.63) is 95.6 Å². The third-order valence-electron chi connectivity index (χ3n) is 5.19. The van der Waals surface area contributed by atoms with Gasteiger partial charge in [0.05, 0.1) is 18.9 Å². The zero-order valence-electron chi connectivity index (χ0n) is 15.1. The summed E-state index contributed by atoms with van der Waals surface area (Å²) in [6.45, 7) is 0. The first-order chi connectivity index (χ1) is 13.3. The van der Waals surface area contributed by atoms with E-state index in [4.69, 9.17) is 14.6 Å². The number of hydrazone groups is 1. The van der Waals surface area contributed by atoms with Crippen molar-refractivity contribution < 1.29 is 9.47 Å². The maximum Gasteiger partial charge on any atom is 0.214 e. The molecule has 0 saturated heterocycles. The van der Waals surface area contributed by atoms with Gasteiger partial charge in [-0.25, -0.2) is 5.01 Å². The summed E-state index contributed by atoms with van der Waals surface area (Å²) >= 11 is 0. The van der Waals surface area contributed by atoms with Crippen molar-refractivity contribution >= 4 is 5.71 Å². The Morgan fingerprint density at radius 2 is 1.67 bits per heavy atom. The van der Waals surface area contributed by atoms with Crippen LogP contribution in [0.1, 0.15) is 35.4 Å². The fraction of sp³-hybridized carbons (Fsp3) is 0.174. The number of fused-ring (bicyclic) bond motifs is 3. The molecule has 134 valence electrons. The van der Waals surface area contributed by atoms with E-state index in [-0.39, 0.29) is 12.3 Å². The number of para-hydroxylation sites is 1. The van der Waals surface area contributed by atoms with E-state index in [1.54, 1.807) is 7.11 Å². The second kappa shape index (κ2) is 6.47. The van der Waals surface area contributed by atoms with E-state index in [0.29, 0.717) is 0 Å². The normalized spacial score (nSPS) is 20.3. The summed E-state index contributed by atoms with van der Waals surface area (Å²) in [5.41, 5.74) is 4.44. The van der Waals surface area contributed by atoms with Crippen LogP contribution in [0.15, 0.2) is 84.0 Å². The van der Waals surface area contributed by atoms with Crippen molar-refractivity contribution in [3.8, 4) is 11.5 Å². The van der Waals surface area contributed by atoms with Crippen molar-refractivity contribution in [2.24, 2.45) is 5.10 Å². The lowest BCUT2D eigenvalue weighted by Crippen LogP contribution is -2.33. The minimum atomic E-state index is -0.277. The van der Waals surface area contributed by atoms with Crippen molar-refractivity contribution in [2.75, 3.05) is 7.11 Å². The molecule has 0 amide bonds. The largest absolute Gasteiger partial charge is 0.493 e. The molecule has 0 radical (unpaired) electrons. The highest BCUT2D eigenvalue weighted by Gasteiger charge is 2.41. The Morgan fingerprint density at radius 3 is 2.41 bits per heavy atom. The minimum absolute atomic E-state index is 0.129. The number of methoxy groups -OCH3 is 1. The molecule has 0 unspecified atom stereocenters. The maximum absolute atomic E-state index is 6.43. The number of hydrogen-bond donors (Lipinski definition) is 0. The molecule has 3 aromatic rings. The summed E-state index contributed by atoms with van der Waals surface area (Å²) < 4.78 is 12.0. The molecule has 0 saturated carbocycles. The summed E-state index contributed by atoms with van der Waals surface area (Å²) in [6.07, 6.45) is 0.567. The van der Waals surface area contributed by atoms with Gasteiger partial charge in [0.25, 0.3) is 0 Å². The SMILES string of the molecule is COc1cccc2c1O[C@H](c1ccccc1)N1N=C(c3ccccc3)C[C@@H]21. The number of ether oxygens (including phenoxy) is 2. The second-order valence-electron chi connectivity index (χ2n) is 6.77. The van der Waals surface area contributed by atoms with Gasteiger partial charge in [0.15, 0.2) is 11.5 Å². The fourth-order valence-corrected chi connectivity index (χ4v) is 3.89. The Bertz CT molecular complexity index is 986. The van der Waals surface area contributed by atoms with Crippen LogP contribution >= 0.6 is 0 Å². The van der Waals surface area contributed by atoms with Crippen molar-refractivity contribution in [3.63, 3.8) is 0 Å². The summed E-state index contributed by atoms with van der Waals surface area (Å²) in [4.78, 5) is 0. The predicted octanol–water partition coefficient (Wildman–Crippen LogP) is 4.94. The molecule has 2 heterocycles. The van der Waals surface area contributed by atoms with Gasteiger partial charge in [-0.15, -0.1) is 0 Å². The molecule has 27 heavy (non-hydrogen) atoms. The first kappa shape index (κ1) is 15.9. The number of hydrogen-bond acceptors (Lipinski definition) is 4. The van der Waals surface area contributed by atoms with Gasteiger partial charge in [-0.1, -0.05) is 72.8 Å². The van der Waals surface area contributed by atoms with E-state index in [9.17, 15) is 0 Å². The summed E-state index contributed by atoms with van der Waals surface area (Å²) in [7, 11) is 1.68. The zero-order valence-corrected chi connectivity index (χ0v) is 15.1. The molecule has 4 heteroatoms. The lowest BCUT2D eigenvalue weighted by atomic mass is 9.95. The monoisotopic (exact) mass is 356 g/mol. The van der Waals surface area contributed by atoms with Crippen molar-refractivity contribution in [1.82, 2.24) is 5.01 Å². The molecule has 2 aliphatic heterocycles. The van der Waals surface area contributed by atoms with Crippen LogP contribution in [0.5, 0.6) is 11.5 Å². The van der Waals surface area contributed by atoms with Gasteiger partial charge in [0.1, 0.15) is 0 Å². The van der Waals surface area contributed by atoms with Crippen LogP contribution in [0.4, 0.5) is 0 Å². The number of rotatable bonds is 3. The Labute approximate surface area is 158 Å². The summed E-state index contributed by atoms with van der Waals surface area (Å²) in [5, 5.41) is 7.07. The van der Waals surface area contributed by atoms with Crippen LogP contribution in [0.2, 0.25) is 0 Å². The van der Waals surface area contributed by atoms with Crippen LogP contribution < -0.4 is 9.47 Å². The molecule has 5 rings (SSSR count). The smallest absolute Gasteiger partial charge is 0.214 e. The Hall–Kier alpha value is -3.27. The molecule has 0 spiro atoms. The fourth-order valence-electron chi connectivity index (χ4n) is 3.89. The number of nitrogens with zero attached hydrogens (tertiary/aromatic N) is 2. The van der Waals surface area contributed by atoms with Gasteiger partial charge in [-0.05, 0) is 11.6 Å². The molecule has 4 nitrogen and oxygen atoms in total. The third kappa shape index (κ3) is 2.65. The Kier molecular flexibility index (Phi) is 3.82. The lowest BCUT2D eigenvalue weighted by molar-refractivity contribution is -0.0209. The summed E-state index contributed by atoms with van der Waals surface area (Å²) in [5.74, 6) is 1.58. The molecule has 0 N–H and O–H groups in total. The van der Waals surface area contributed by atoms with E-state index in [2.05, 4.69) is 47.5 Å². The third-order valence-corrected chi connectivity index (χ3v) is 5.19. The first-order valence-electron chi connectivity index (χ1n) is 9.15. The van der Waals surface area contributed by atoms with E-state index in [1.165, 1.54) is 0 Å². The van der Waals surface area contributed by atoms with Crippen LogP contribution in [-0.2, 0) is 0 Å². The van der Waals surface area contributed by atoms with Crippen LogP contribution in [0, 0.1) is 0 Å². The molecular formula is C23H20N2O2. The Balaban J connectivity index is 1.63. The lowest BCUT2D eigenvalue weighted by Gasteiger charge is -2.38. The van der Waals surface area contributed by atoms with Gasteiger partial charge in [0, 0.05) is 17.5 Å². The van der Waals surface area contributed by atoms with Gasteiger partial charge in [-0.2, -0.15) is 5.10 Å². The Morgan fingerprint density at radius 1 is 0.926 bits per heavy atom. The highest BCUT2D eigenvalue weighted by atomic mass is 16.5. The van der Waals surface area contributed by atoms with Crippen LogP contribution in [0.25, 0.3) is 0 Å². The molecule has 3 aromatic carbocycles. The quantitative estimate of drug-likeness (QED) is 0.667. The topological polar surface area (TPSA) is 34.1 Å². The van der Waals surface area contributed by atoms with Gasteiger partial charge >= 0.3 is 0 Å². The highest BCUT2D eigenvalue weighted by Crippen LogP contribution is 2.50. The maximum atomic E-state index is 6.43. The van der Waals surface area contributed by atoms with Crippen molar-refractivity contribution in [1.29, 1.82) is 0 Å². The van der Waals surface area contributed by atoms with Crippen LogP contribution in [0.3, 0.4) is 0 Å². The molecule has 0 aliphatic carbocycles. The average molecular weight is 356 g/mol. The predicted molar refractivity (Wildman–Crippen MR) is 105 cm³/mol. The van der Waals surface area contributed by atoms with Gasteiger partial charge in [0.2, 0.25) is 6.23 Å².